The molecule has 0 radical (unpaired) electrons. The van der Waals surface area contributed by atoms with Crippen LogP contribution in [-0.2, 0) is 9.59 Å². The first kappa shape index (κ1) is 19.6. The molecule has 1 atom stereocenters. The van der Waals surface area contributed by atoms with Gasteiger partial charge in [0.15, 0.2) is 0 Å². The second-order valence-corrected chi connectivity index (χ2v) is 7.05. The quantitative estimate of drug-likeness (QED) is 0.640. The minimum absolute atomic E-state index is 0.00892. The third-order valence-electron chi connectivity index (χ3n) is 3.50. The summed E-state index contributed by atoms with van der Waals surface area (Å²) in [6.07, 6.45) is 4.57. The van der Waals surface area contributed by atoms with Crippen LogP contribution in [-0.4, -0.2) is 29.4 Å². The molecule has 1 rings (SSSR count). The van der Waals surface area contributed by atoms with Gasteiger partial charge in [0.05, 0.1) is 11.0 Å². The van der Waals surface area contributed by atoms with Crippen LogP contribution in [0, 0.1) is 6.92 Å². The predicted octanol–water partition coefficient (Wildman–Crippen LogP) is 3.75. The smallest absolute Gasteiger partial charge is 0.234 e. The van der Waals surface area contributed by atoms with E-state index in [2.05, 4.69) is 17.6 Å². The van der Waals surface area contributed by atoms with Crippen molar-refractivity contribution in [2.45, 2.75) is 51.7 Å². The minimum atomic E-state index is -0.218. The van der Waals surface area contributed by atoms with Crippen LogP contribution in [0.4, 0.5) is 5.69 Å². The van der Waals surface area contributed by atoms with Crippen molar-refractivity contribution in [1.29, 1.82) is 0 Å². The van der Waals surface area contributed by atoms with E-state index in [1.54, 1.807) is 0 Å². The molecule has 5 heteroatoms. The standard InChI is InChI=1S/C18H28N2O2S/c1-4-5-6-7-12-19-18(22)15(3)23-13-17(21)20-16-10-8-14(2)9-11-16/h8-11,15H,4-7,12-13H2,1-3H3,(H,19,22)(H,20,21). The number of thioether (sulfide) groups is 1. The van der Waals surface area contributed by atoms with Crippen LogP contribution in [0.25, 0.3) is 0 Å². The Balaban J connectivity index is 2.20. The molecule has 4 nitrogen and oxygen atoms in total. The Morgan fingerprint density at radius 2 is 1.83 bits per heavy atom. The first-order valence-electron chi connectivity index (χ1n) is 8.28. The molecule has 1 aromatic rings. The molecule has 1 unspecified atom stereocenters. The number of benzene rings is 1. The molecule has 23 heavy (non-hydrogen) atoms. The number of rotatable bonds is 10. The summed E-state index contributed by atoms with van der Waals surface area (Å²) in [5.74, 6) is 0.203. The fraction of sp³-hybridized carbons (Fsp3) is 0.556. The van der Waals surface area contributed by atoms with Crippen molar-refractivity contribution in [3.63, 3.8) is 0 Å². The number of nitrogens with one attached hydrogen (secondary N) is 2. The number of anilines is 1. The van der Waals surface area contributed by atoms with Crippen molar-refractivity contribution in [3.05, 3.63) is 29.8 Å². The molecule has 2 N–H and O–H groups in total. The summed E-state index contributed by atoms with van der Waals surface area (Å²) in [6.45, 7) is 6.73. The van der Waals surface area contributed by atoms with Crippen LogP contribution in [0.2, 0.25) is 0 Å². The zero-order valence-electron chi connectivity index (χ0n) is 14.4. The van der Waals surface area contributed by atoms with Gasteiger partial charge in [0.2, 0.25) is 11.8 Å². The van der Waals surface area contributed by atoms with Gasteiger partial charge in [-0.25, -0.2) is 0 Å². The molecule has 0 aromatic heterocycles. The molecular weight excluding hydrogens is 308 g/mol. The monoisotopic (exact) mass is 336 g/mol. The second-order valence-electron chi connectivity index (χ2n) is 5.72. The molecule has 0 saturated heterocycles. The summed E-state index contributed by atoms with van der Waals surface area (Å²) in [5.41, 5.74) is 1.94. The summed E-state index contributed by atoms with van der Waals surface area (Å²) in [4.78, 5) is 23.8. The Hall–Kier alpha value is -1.49. The van der Waals surface area contributed by atoms with Gasteiger partial charge in [0.25, 0.3) is 0 Å². The first-order chi connectivity index (χ1) is 11.0. The van der Waals surface area contributed by atoms with Gasteiger partial charge in [-0.3, -0.25) is 9.59 Å². The predicted molar refractivity (Wildman–Crippen MR) is 98.9 cm³/mol. The average Bonchev–Trinajstić information content (AvgIpc) is 2.54. The van der Waals surface area contributed by atoms with Crippen LogP contribution in [0.3, 0.4) is 0 Å². The third kappa shape index (κ3) is 8.65. The largest absolute Gasteiger partial charge is 0.355 e. The SMILES string of the molecule is CCCCCCNC(=O)C(C)SCC(=O)Nc1ccc(C)cc1. The molecule has 0 bridgehead atoms. The number of unbranched alkanes of at least 4 members (excludes halogenated alkanes) is 3. The third-order valence-corrected chi connectivity index (χ3v) is 4.64. The van der Waals surface area contributed by atoms with Crippen LogP contribution in [0.15, 0.2) is 24.3 Å². The Kier molecular flexibility index (Phi) is 9.45. The minimum Gasteiger partial charge on any atom is -0.355 e. The maximum Gasteiger partial charge on any atom is 0.234 e. The normalized spacial score (nSPS) is 11.8. The van der Waals surface area contributed by atoms with E-state index in [1.165, 1.54) is 24.6 Å². The first-order valence-corrected chi connectivity index (χ1v) is 9.33. The summed E-state index contributed by atoms with van der Waals surface area (Å²) in [5, 5.41) is 5.55. The lowest BCUT2D eigenvalue weighted by Crippen LogP contribution is -2.32. The maximum absolute atomic E-state index is 11.9. The van der Waals surface area contributed by atoms with Gasteiger partial charge < -0.3 is 10.6 Å². The van der Waals surface area contributed by atoms with Gasteiger partial charge in [-0.15, -0.1) is 11.8 Å². The highest BCUT2D eigenvalue weighted by molar-refractivity contribution is 8.01. The lowest BCUT2D eigenvalue weighted by Gasteiger charge is -2.12. The van der Waals surface area contributed by atoms with Crippen molar-refractivity contribution >= 4 is 29.3 Å². The number of carbonyl (C=O) groups excluding carboxylic acids is 2. The number of hydrogen-bond acceptors (Lipinski definition) is 3. The van der Waals surface area contributed by atoms with E-state index in [1.807, 2.05) is 38.1 Å². The van der Waals surface area contributed by atoms with Crippen LogP contribution < -0.4 is 10.6 Å². The number of amides is 2. The topological polar surface area (TPSA) is 58.2 Å². The molecule has 2 amide bonds. The molecule has 0 spiro atoms. The zero-order chi connectivity index (χ0) is 17.1. The summed E-state index contributed by atoms with van der Waals surface area (Å²) < 4.78 is 0. The zero-order valence-corrected chi connectivity index (χ0v) is 15.2. The average molecular weight is 337 g/mol. The lowest BCUT2D eigenvalue weighted by atomic mass is 10.2. The van der Waals surface area contributed by atoms with E-state index in [0.717, 1.165) is 30.6 Å². The Labute approximate surface area is 143 Å². The Morgan fingerprint density at radius 1 is 1.13 bits per heavy atom. The molecule has 0 heterocycles. The fourth-order valence-electron chi connectivity index (χ4n) is 2.02. The molecule has 0 saturated carbocycles. The summed E-state index contributed by atoms with van der Waals surface area (Å²) in [7, 11) is 0. The Bertz CT molecular complexity index is 488. The van der Waals surface area contributed by atoms with E-state index in [9.17, 15) is 9.59 Å². The summed E-state index contributed by atoms with van der Waals surface area (Å²) >= 11 is 1.36. The number of aryl methyl sites for hydroxylation is 1. The molecule has 1 aromatic carbocycles. The van der Waals surface area contributed by atoms with Crippen molar-refractivity contribution in [2.24, 2.45) is 0 Å². The van der Waals surface area contributed by atoms with E-state index in [0.29, 0.717) is 0 Å². The summed E-state index contributed by atoms with van der Waals surface area (Å²) in [6, 6.07) is 7.67. The van der Waals surface area contributed by atoms with Gasteiger partial charge in [0, 0.05) is 12.2 Å². The number of carbonyl (C=O) groups is 2. The fourth-order valence-corrected chi connectivity index (χ4v) is 2.73. The van der Waals surface area contributed by atoms with Gasteiger partial charge in [-0.2, -0.15) is 0 Å². The van der Waals surface area contributed by atoms with E-state index in [4.69, 9.17) is 0 Å². The molecular formula is C18H28N2O2S. The highest BCUT2D eigenvalue weighted by Crippen LogP contribution is 2.13. The van der Waals surface area contributed by atoms with Gasteiger partial charge >= 0.3 is 0 Å². The molecule has 0 aliphatic carbocycles. The van der Waals surface area contributed by atoms with Gasteiger partial charge in [-0.1, -0.05) is 43.9 Å². The van der Waals surface area contributed by atoms with Crippen molar-refractivity contribution in [3.8, 4) is 0 Å². The molecule has 128 valence electrons. The second kappa shape index (κ2) is 11.1. The van der Waals surface area contributed by atoms with Crippen LogP contribution >= 0.6 is 11.8 Å². The van der Waals surface area contributed by atoms with Crippen molar-refractivity contribution in [2.75, 3.05) is 17.6 Å². The Morgan fingerprint density at radius 3 is 2.48 bits per heavy atom. The molecule has 0 aliphatic heterocycles. The van der Waals surface area contributed by atoms with E-state index >= 15 is 0 Å². The highest BCUT2D eigenvalue weighted by Gasteiger charge is 2.14. The lowest BCUT2D eigenvalue weighted by molar-refractivity contribution is -0.120. The van der Waals surface area contributed by atoms with E-state index in [-0.39, 0.29) is 22.8 Å². The van der Waals surface area contributed by atoms with Crippen molar-refractivity contribution in [1.82, 2.24) is 5.32 Å². The van der Waals surface area contributed by atoms with Crippen LogP contribution in [0.5, 0.6) is 0 Å². The van der Waals surface area contributed by atoms with Crippen molar-refractivity contribution < 1.29 is 9.59 Å². The highest BCUT2D eigenvalue weighted by atomic mass is 32.2. The van der Waals surface area contributed by atoms with E-state index < -0.39 is 0 Å². The van der Waals surface area contributed by atoms with Crippen LogP contribution in [0.1, 0.15) is 45.1 Å². The van der Waals surface area contributed by atoms with Gasteiger partial charge in [-0.05, 0) is 32.4 Å². The number of hydrogen-bond donors (Lipinski definition) is 2. The molecule has 0 fully saturated rings. The molecule has 0 aliphatic rings. The maximum atomic E-state index is 11.9. The van der Waals surface area contributed by atoms with Gasteiger partial charge in [0.1, 0.15) is 0 Å².